The van der Waals surface area contributed by atoms with Gasteiger partial charge >= 0.3 is 5.97 Å². The minimum Gasteiger partial charge on any atom is -0.479 e. The number of rotatable bonds is 7. The van der Waals surface area contributed by atoms with Gasteiger partial charge in [-0.1, -0.05) is 26.2 Å². The van der Waals surface area contributed by atoms with Gasteiger partial charge in [-0.25, -0.2) is 14.5 Å². The van der Waals surface area contributed by atoms with Crippen molar-refractivity contribution in [3.05, 3.63) is 23.7 Å². The molecule has 0 aliphatic heterocycles. The molecule has 1 saturated carbocycles. The number of hydrogen-bond donors (Lipinski definition) is 0. The van der Waals surface area contributed by atoms with Gasteiger partial charge in [0.2, 0.25) is 5.88 Å². The fraction of sp³-hybridized carbons (Fsp3) is 0.571. The summed E-state index contributed by atoms with van der Waals surface area (Å²) in [6, 6.07) is 0. The number of methoxy groups -OCH3 is 1. The van der Waals surface area contributed by atoms with Crippen molar-refractivity contribution in [3.8, 4) is 11.8 Å². The van der Waals surface area contributed by atoms with Crippen LogP contribution in [0.1, 0.15) is 62.0 Å². The van der Waals surface area contributed by atoms with E-state index in [0.717, 1.165) is 29.7 Å². The highest BCUT2D eigenvalue weighted by atomic mass is 16.5. The average Bonchev–Trinajstić information content (AvgIpc) is 3.39. The van der Waals surface area contributed by atoms with E-state index in [0.29, 0.717) is 29.9 Å². The van der Waals surface area contributed by atoms with Crippen LogP contribution in [0.4, 0.5) is 0 Å². The van der Waals surface area contributed by atoms with Crippen molar-refractivity contribution in [3.63, 3.8) is 0 Å². The number of ether oxygens (including phenoxy) is 2. The summed E-state index contributed by atoms with van der Waals surface area (Å²) >= 11 is 0. The number of carbonyl (C=O) groups excluding carboxylic acids is 1. The quantitative estimate of drug-likeness (QED) is 0.549. The standard InChI is InChI=1S/C21H28N6O3/c1-4-16-17-18(26(25-16)12-14-9-7-6-8-10-14)19(29-3)24-21(23-17)27-13-15(11-22-27)20(28)30-5-2/h11,13-14H,4-10,12H2,1-3H3. The van der Waals surface area contributed by atoms with Crippen LogP contribution in [0.15, 0.2) is 12.4 Å². The second kappa shape index (κ2) is 8.81. The van der Waals surface area contributed by atoms with Crippen molar-refractivity contribution >= 4 is 17.0 Å². The van der Waals surface area contributed by atoms with Crippen molar-refractivity contribution in [1.29, 1.82) is 0 Å². The minimum absolute atomic E-state index is 0.306. The van der Waals surface area contributed by atoms with Crippen LogP contribution in [0.5, 0.6) is 5.88 Å². The second-order valence-corrected chi connectivity index (χ2v) is 7.61. The molecule has 9 heteroatoms. The van der Waals surface area contributed by atoms with Crippen molar-refractivity contribution in [2.24, 2.45) is 5.92 Å². The number of hydrogen-bond acceptors (Lipinski definition) is 7. The lowest BCUT2D eigenvalue weighted by Crippen LogP contribution is -2.15. The van der Waals surface area contributed by atoms with E-state index in [1.807, 2.05) is 4.68 Å². The normalized spacial score (nSPS) is 14.9. The lowest BCUT2D eigenvalue weighted by molar-refractivity contribution is 0.0526. The molecule has 0 amide bonds. The van der Waals surface area contributed by atoms with Gasteiger partial charge in [-0.15, -0.1) is 0 Å². The fourth-order valence-electron chi connectivity index (χ4n) is 4.08. The Balaban J connectivity index is 1.74. The van der Waals surface area contributed by atoms with Crippen molar-refractivity contribution < 1.29 is 14.3 Å². The Kier molecular flexibility index (Phi) is 5.96. The van der Waals surface area contributed by atoms with Crippen molar-refractivity contribution in [2.75, 3.05) is 13.7 Å². The highest BCUT2D eigenvalue weighted by Gasteiger charge is 2.23. The van der Waals surface area contributed by atoms with Crippen LogP contribution in [0.3, 0.4) is 0 Å². The third kappa shape index (κ3) is 3.88. The van der Waals surface area contributed by atoms with E-state index in [1.165, 1.54) is 43.0 Å². The van der Waals surface area contributed by atoms with Crippen LogP contribution in [0.25, 0.3) is 17.0 Å². The molecule has 0 N–H and O–H groups in total. The molecule has 4 rings (SSSR count). The summed E-state index contributed by atoms with van der Waals surface area (Å²) in [6.07, 6.45) is 10.1. The van der Waals surface area contributed by atoms with E-state index in [2.05, 4.69) is 17.0 Å². The largest absolute Gasteiger partial charge is 0.479 e. The van der Waals surface area contributed by atoms with Gasteiger partial charge < -0.3 is 9.47 Å². The smallest absolute Gasteiger partial charge is 0.341 e. The van der Waals surface area contributed by atoms with Crippen LogP contribution >= 0.6 is 0 Å². The van der Waals surface area contributed by atoms with E-state index in [9.17, 15) is 4.79 Å². The molecule has 3 heterocycles. The molecule has 0 saturated heterocycles. The van der Waals surface area contributed by atoms with Gasteiger partial charge in [0.15, 0.2) is 0 Å². The fourth-order valence-corrected chi connectivity index (χ4v) is 4.08. The van der Waals surface area contributed by atoms with Crippen LogP contribution in [-0.2, 0) is 17.7 Å². The Bertz CT molecular complexity index is 1030. The first-order chi connectivity index (χ1) is 14.6. The molecule has 0 spiro atoms. The number of fused-ring (bicyclic) bond motifs is 1. The number of nitrogens with zero attached hydrogens (tertiary/aromatic N) is 6. The summed E-state index contributed by atoms with van der Waals surface area (Å²) in [5.74, 6) is 0.994. The highest BCUT2D eigenvalue weighted by molar-refractivity contribution is 5.89. The molecule has 1 fully saturated rings. The molecule has 0 radical (unpaired) electrons. The molecule has 0 bridgehead atoms. The molecule has 0 aromatic carbocycles. The van der Waals surface area contributed by atoms with Gasteiger partial charge in [0, 0.05) is 12.7 Å². The number of aromatic nitrogens is 6. The zero-order valence-electron chi connectivity index (χ0n) is 17.8. The summed E-state index contributed by atoms with van der Waals surface area (Å²) in [4.78, 5) is 21.3. The molecule has 1 aliphatic rings. The Morgan fingerprint density at radius 2 is 2.00 bits per heavy atom. The number of esters is 1. The monoisotopic (exact) mass is 412 g/mol. The van der Waals surface area contributed by atoms with Crippen LogP contribution in [0.2, 0.25) is 0 Å². The molecule has 9 nitrogen and oxygen atoms in total. The van der Waals surface area contributed by atoms with Gasteiger partial charge in [-0.3, -0.25) is 4.68 Å². The Labute approximate surface area is 175 Å². The molecule has 1 aliphatic carbocycles. The summed E-state index contributed by atoms with van der Waals surface area (Å²) < 4.78 is 14.1. The number of carbonyl (C=O) groups is 1. The van der Waals surface area contributed by atoms with Crippen molar-refractivity contribution in [2.45, 2.75) is 58.9 Å². The zero-order chi connectivity index (χ0) is 21.1. The van der Waals surface area contributed by atoms with E-state index < -0.39 is 5.97 Å². The van der Waals surface area contributed by atoms with Crippen LogP contribution in [-0.4, -0.2) is 49.2 Å². The third-order valence-electron chi connectivity index (χ3n) is 5.60. The maximum Gasteiger partial charge on any atom is 0.341 e. The van der Waals surface area contributed by atoms with E-state index >= 15 is 0 Å². The van der Waals surface area contributed by atoms with Gasteiger partial charge in [-0.2, -0.15) is 15.2 Å². The second-order valence-electron chi connectivity index (χ2n) is 7.61. The maximum atomic E-state index is 12.0. The van der Waals surface area contributed by atoms with E-state index in [1.54, 1.807) is 20.2 Å². The summed E-state index contributed by atoms with van der Waals surface area (Å²) in [5, 5.41) is 9.07. The predicted octanol–water partition coefficient (Wildman–Crippen LogP) is 3.34. The van der Waals surface area contributed by atoms with Gasteiger partial charge in [0.05, 0.1) is 31.2 Å². The highest BCUT2D eigenvalue weighted by Crippen LogP contribution is 2.30. The first-order valence-electron chi connectivity index (χ1n) is 10.7. The summed E-state index contributed by atoms with van der Waals surface area (Å²) in [7, 11) is 1.60. The van der Waals surface area contributed by atoms with Crippen LogP contribution < -0.4 is 4.74 Å². The molecule has 0 atom stereocenters. The summed E-state index contributed by atoms with van der Waals surface area (Å²) in [6.45, 7) is 4.99. The predicted molar refractivity (Wildman–Crippen MR) is 111 cm³/mol. The molecule has 3 aromatic heterocycles. The lowest BCUT2D eigenvalue weighted by atomic mass is 9.89. The zero-order valence-corrected chi connectivity index (χ0v) is 17.8. The number of aryl methyl sites for hydroxylation is 1. The first-order valence-corrected chi connectivity index (χ1v) is 10.7. The topological polar surface area (TPSA) is 96.9 Å². The molecular weight excluding hydrogens is 384 g/mol. The average molecular weight is 412 g/mol. The van der Waals surface area contributed by atoms with E-state index in [4.69, 9.17) is 19.6 Å². The Hall–Kier alpha value is -2.97. The third-order valence-corrected chi connectivity index (χ3v) is 5.60. The molecule has 160 valence electrons. The maximum absolute atomic E-state index is 12.0. The molecular formula is C21H28N6O3. The van der Waals surface area contributed by atoms with Gasteiger partial charge in [-0.05, 0) is 32.1 Å². The lowest BCUT2D eigenvalue weighted by Gasteiger charge is -2.21. The minimum atomic E-state index is -0.425. The molecule has 3 aromatic rings. The SMILES string of the molecule is CCOC(=O)c1cnn(-c2nc(OC)c3c(n2)c(CC)nn3CC2CCCCC2)c1. The Morgan fingerprint density at radius 1 is 1.20 bits per heavy atom. The van der Waals surface area contributed by atoms with Crippen LogP contribution in [0, 0.1) is 5.92 Å². The summed E-state index contributed by atoms with van der Waals surface area (Å²) in [5.41, 5.74) is 2.84. The van der Waals surface area contributed by atoms with Gasteiger partial charge in [0.25, 0.3) is 5.95 Å². The molecule has 30 heavy (non-hydrogen) atoms. The van der Waals surface area contributed by atoms with Gasteiger partial charge in [0.1, 0.15) is 11.0 Å². The van der Waals surface area contributed by atoms with Crippen molar-refractivity contribution in [1.82, 2.24) is 29.5 Å². The molecule has 0 unspecified atom stereocenters. The van der Waals surface area contributed by atoms with E-state index in [-0.39, 0.29) is 0 Å². The Morgan fingerprint density at radius 3 is 2.70 bits per heavy atom. The first kappa shape index (κ1) is 20.3.